The Balaban J connectivity index is 1.66. The van der Waals surface area contributed by atoms with E-state index < -0.39 is 23.2 Å². The lowest BCUT2D eigenvalue weighted by Gasteiger charge is -2.25. The zero-order valence-electron chi connectivity index (χ0n) is 16.1. The van der Waals surface area contributed by atoms with Gasteiger partial charge in [-0.3, -0.25) is 4.79 Å². The Labute approximate surface area is 166 Å². The van der Waals surface area contributed by atoms with Crippen LogP contribution in [-0.2, 0) is 6.18 Å². The van der Waals surface area contributed by atoms with Crippen molar-refractivity contribution >= 4 is 22.6 Å². The van der Waals surface area contributed by atoms with Gasteiger partial charge in [0, 0.05) is 11.7 Å². The lowest BCUT2D eigenvalue weighted by atomic mass is 9.95. The summed E-state index contributed by atoms with van der Waals surface area (Å²) in [4.78, 5) is 17.2. The van der Waals surface area contributed by atoms with Crippen molar-refractivity contribution in [3.05, 3.63) is 59.4 Å². The van der Waals surface area contributed by atoms with E-state index in [0.29, 0.717) is 11.7 Å². The largest absolute Gasteiger partial charge is 0.417 e. The standard InChI is InChI=1S/C22H22F3N3O/c1-14-26-19-12-11-15(13-20(19)28(14)16-7-3-2-4-8-16)27-21(29)17-9-5-6-10-18(17)22(23,24)25/h5-6,9-13,16H,2-4,7-8H2,1H3,(H,27,29). The van der Waals surface area contributed by atoms with Crippen LogP contribution in [0.5, 0.6) is 0 Å². The first-order valence-electron chi connectivity index (χ1n) is 9.81. The molecule has 2 aromatic carbocycles. The van der Waals surface area contributed by atoms with Gasteiger partial charge >= 0.3 is 6.18 Å². The molecule has 29 heavy (non-hydrogen) atoms. The van der Waals surface area contributed by atoms with Gasteiger partial charge in [0.25, 0.3) is 5.91 Å². The molecule has 0 bridgehead atoms. The van der Waals surface area contributed by atoms with Crippen LogP contribution in [0.2, 0.25) is 0 Å². The number of amides is 1. The second-order valence-electron chi connectivity index (χ2n) is 7.52. The van der Waals surface area contributed by atoms with Crippen molar-refractivity contribution in [1.29, 1.82) is 0 Å². The van der Waals surface area contributed by atoms with Gasteiger partial charge in [-0.2, -0.15) is 13.2 Å². The van der Waals surface area contributed by atoms with Gasteiger partial charge in [0.05, 0.1) is 22.2 Å². The number of nitrogens with one attached hydrogen (secondary N) is 1. The van der Waals surface area contributed by atoms with Gasteiger partial charge in [-0.05, 0) is 50.1 Å². The van der Waals surface area contributed by atoms with Crippen molar-refractivity contribution in [2.75, 3.05) is 5.32 Å². The van der Waals surface area contributed by atoms with E-state index in [9.17, 15) is 18.0 Å². The summed E-state index contributed by atoms with van der Waals surface area (Å²) in [6.45, 7) is 1.96. The number of fused-ring (bicyclic) bond motifs is 1. The molecule has 1 aliphatic rings. The molecule has 1 aromatic heterocycles. The smallest absolute Gasteiger partial charge is 0.325 e. The van der Waals surface area contributed by atoms with Crippen LogP contribution in [0.1, 0.15) is 59.9 Å². The van der Waals surface area contributed by atoms with Crippen LogP contribution in [0.4, 0.5) is 18.9 Å². The predicted octanol–water partition coefficient (Wildman–Crippen LogP) is 6.12. The number of aryl methyl sites for hydroxylation is 1. The van der Waals surface area contributed by atoms with Crippen molar-refractivity contribution in [1.82, 2.24) is 9.55 Å². The minimum Gasteiger partial charge on any atom is -0.325 e. The summed E-state index contributed by atoms with van der Waals surface area (Å²) in [5.41, 5.74) is 0.841. The van der Waals surface area contributed by atoms with E-state index in [0.717, 1.165) is 35.8 Å². The Morgan fingerprint density at radius 1 is 1.10 bits per heavy atom. The first-order chi connectivity index (χ1) is 13.8. The minimum atomic E-state index is -4.59. The number of benzene rings is 2. The van der Waals surface area contributed by atoms with Gasteiger partial charge in [-0.15, -0.1) is 0 Å². The molecule has 0 spiro atoms. The molecule has 152 valence electrons. The van der Waals surface area contributed by atoms with Crippen molar-refractivity contribution in [2.24, 2.45) is 0 Å². The highest BCUT2D eigenvalue weighted by Crippen LogP contribution is 2.34. The lowest BCUT2D eigenvalue weighted by molar-refractivity contribution is -0.137. The maximum absolute atomic E-state index is 13.2. The predicted molar refractivity (Wildman–Crippen MR) is 106 cm³/mol. The highest BCUT2D eigenvalue weighted by Gasteiger charge is 2.34. The van der Waals surface area contributed by atoms with E-state index in [-0.39, 0.29) is 0 Å². The molecule has 1 aliphatic carbocycles. The second-order valence-corrected chi connectivity index (χ2v) is 7.52. The fourth-order valence-corrected chi connectivity index (χ4v) is 4.22. The van der Waals surface area contributed by atoms with E-state index >= 15 is 0 Å². The Hall–Kier alpha value is -2.83. The van der Waals surface area contributed by atoms with E-state index in [2.05, 4.69) is 14.9 Å². The number of hydrogen-bond donors (Lipinski definition) is 1. The third-order valence-corrected chi connectivity index (χ3v) is 5.54. The van der Waals surface area contributed by atoms with Gasteiger partial charge in [0.1, 0.15) is 5.82 Å². The third kappa shape index (κ3) is 3.86. The molecule has 0 saturated heterocycles. The molecule has 4 nitrogen and oxygen atoms in total. The number of aromatic nitrogens is 2. The van der Waals surface area contributed by atoms with Crippen LogP contribution in [0.3, 0.4) is 0 Å². The highest BCUT2D eigenvalue weighted by atomic mass is 19.4. The molecule has 0 unspecified atom stereocenters. The maximum atomic E-state index is 13.2. The molecule has 4 rings (SSSR count). The molecule has 1 amide bonds. The summed E-state index contributed by atoms with van der Waals surface area (Å²) >= 11 is 0. The van der Waals surface area contributed by atoms with Crippen molar-refractivity contribution in [3.8, 4) is 0 Å². The molecular formula is C22H22F3N3O. The molecule has 0 atom stereocenters. The minimum absolute atomic E-state index is 0.366. The first-order valence-corrected chi connectivity index (χ1v) is 9.81. The molecule has 1 saturated carbocycles. The maximum Gasteiger partial charge on any atom is 0.417 e. The average molecular weight is 401 g/mol. The Morgan fingerprint density at radius 2 is 1.83 bits per heavy atom. The summed E-state index contributed by atoms with van der Waals surface area (Å²) in [6.07, 6.45) is 1.17. The molecule has 1 N–H and O–H groups in total. The number of anilines is 1. The van der Waals surface area contributed by atoms with E-state index in [1.54, 1.807) is 18.2 Å². The highest BCUT2D eigenvalue weighted by molar-refractivity contribution is 6.06. The van der Waals surface area contributed by atoms with Crippen LogP contribution in [0, 0.1) is 6.92 Å². The number of carbonyl (C=O) groups is 1. The molecule has 3 aromatic rings. The number of imidazole rings is 1. The fraction of sp³-hybridized carbons (Fsp3) is 0.364. The van der Waals surface area contributed by atoms with Crippen LogP contribution in [-0.4, -0.2) is 15.5 Å². The van der Waals surface area contributed by atoms with Crippen LogP contribution < -0.4 is 5.32 Å². The Bertz CT molecular complexity index is 1050. The van der Waals surface area contributed by atoms with Gasteiger partial charge in [-0.25, -0.2) is 4.98 Å². The summed E-state index contributed by atoms with van der Waals surface area (Å²) in [5, 5.41) is 2.62. The average Bonchev–Trinajstić information content (AvgIpc) is 3.03. The summed E-state index contributed by atoms with van der Waals surface area (Å²) in [6, 6.07) is 10.4. The Morgan fingerprint density at radius 3 is 2.55 bits per heavy atom. The van der Waals surface area contributed by atoms with Gasteiger partial charge in [0.2, 0.25) is 0 Å². The van der Waals surface area contributed by atoms with Gasteiger partial charge in [-0.1, -0.05) is 31.4 Å². The lowest BCUT2D eigenvalue weighted by Crippen LogP contribution is -2.18. The van der Waals surface area contributed by atoms with Gasteiger partial charge < -0.3 is 9.88 Å². The summed E-state index contributed by atoms with van der Waals surface area (Å²) in [5.74, 6) is 0.135. The number of carbonyl (C=O) groups excluding carboxylic acids is 1. The fourth-order valence-electron chi connectivity index (χ4n) is 4.22. The van der Waals surface area contributed by atoms with E-state index in [1.807, 2.05) is 6.92 Å². The monoisotopic (exact) mass is 401 g/mol. The topological polar surface area (TPSA) is 46.9 Å². The zero-order chi connectivity index (χ0) is 20.6. The van der Waals surface area contributed by atoms with Crippen molar-refractivity contribution < 1.29 is 18.0 Å². The third-order valence-electron chi connectivity index (χ3n) is 5.54. The first kappa shape index (κ1) is 19.5. The van der Waals surface area contributed by atoms with Gasteiger partial charge in [0.15, 0.2) is 0 Å². The number of halogens is 3. The van der Waals surface area contributed by atoms with E-state index in [4.69, 9.17) is 0 Å². The summed E-state index contributed by atoms with van der Waals surface area (Å²) < 4.78 is 41.9. The molecule has 0 radical (unpaired) electrons. The number of rotatable bonds is 3. The number of alkyl halides is 3. The second kappa shape index (κ2) is 7.54. The molecule has 0 aliphatic heterocycles. The molecule has 1 heterocycles. The van der Waals surface area contributed by atoms with Crippen LogP contribution in [0.15, 0.2) is 42.5 Å². The number of nitrogens with zero attached hydrogens (tertiary/aromatic N) is 2. The molecule has 7 heteroatoms. The normalized spacial score (nSPS) is 15.6. The molecule has 1 fully saturated rings. The quantitative estimate of drug-likeness (QED) is 0.575. The zero-order valence-corrected chi connectivity index (χ0v) is 16.1. The summed E-state index contributed by atoms with van der Waals surface area (Å²) in [7, 11) is 0. The van der Waals surface area contributed by atoms with Crippen LogP contribution >= 0.6 is 0 Å². The number of hydrogen-bond acceptors (Lipinski definition) is 2. The van der Waals surface area contributed by atoms with Crippen molar-refractivity contribution in [3.63, 3.8) is 0 Å². The molecular weight excluding hydrogens is 379 g/mol. The Kier molecular flexibility index (Phi) is 5.06. The van der Waals surface area contributed by atoms with E-state index in [1.165, 1.54) is 37.5 Å². The van der Waals surface area contributed by atoms with Crippen LogP contribution in [0.25, 0.3) is 11.0 Å². The van der Waals surface area contributed by atoms with Crippen molar-refractivity contribution in [2.45, 2.75) is 51.2 Å². The SMILES string of the molecule is Cc1nc2ccc(NC(=O)c3ccccc3C(F)(F)F)cc2n1C1CCCCC1.